The van der Waals surface area contributed by atoms with Gasteiger partial charge in [0.2, 0.25) is 10.0 Å². The molecule has 0 amide bonds. The van der Waals surface area contributed by atoms with E-state index in [1.54, 1.807) is 6.07 Å². The Morgan fingerprint density at radius 1 is 1.21 bits per heavy atom. The van der Waals surface area contributed by atoms with Gasteiger partial charge >= 0.3 is 0 Å². The lowest BCUT2D eigenvalue weighted by Crippen LogP contribution is -2.17. The van der Waals surface area contributed by atoms with Crippen molar-refractivity contribution in [3.05, 3.63) is 52.8 Å². The van der Waals surface area contributed by atoms with Crippen LogP contribution < -0.4 is 4.72 Å². The van der Waals surface area contributed by atoms with E-state index in [0.29, 0.717) is 5.69 Å². The van der Waals surface area contributed by atoms with E-state index in [1.165, 1.54) is 0 Å². The minimum Gasteiger partial charge on any atom is -0.296 e. The van der Waals surface area contributed by atoms with Gasteiger partial charge in [0.05, 0.1) is 22.0 Å². The number of halogens is 1. The number of rotatable bonds is 4. The zero-order valence-electron chi connectivity index (χ0n) is 13.0. The Labute approximate surface area is 148 Å². The third kappa shape index (κ3) is 2.82. The lowest BCUT2D eigenvalue weighted by molar-refractivity contribution is 0.600. The summed E-state index contributed by atoms with van der Waals surface area (Å²) in [6.45, 7) is 1.94. The van der Waals surface area contributed by atoms with Gasteiger partial charge in [0.1, 0.15) is 5.82 Å². The molecule has 4 rings (SSSR count). The average Bonchev–Trinajstić information content (AvgIpc) is 3.31. The predicted octanol–water partition coefficient (Wildman–Crippen LogP) is 4.00. The highest BCUT2D eigenvalue weighted by molar-refractivity contribution is 9.10. The molecule has 24 heavy (non-hydrogen) atoms. The van der Waals surface area contributed by atoms with Gasteiger partial charge in [0.25, 0.3) is 0 Å². The van der Waals surface area contributed by atoms with Crippen LogP contribution in [-0.2, 0) is 10.0 Å². The fraction of sp³-hybridized carbons (Fsp3) is 0.235. The van der Waals surface area contributed by atoms with Crippen LogP contribution in [0, 0.1) is 6.92 Å². The molecule has 1 heterocycles. The molecule has 0 aliphatic heterocycles. The smallest absolute Gasteiger partial charge is 0.235 e. The molecular weight excluding hydrogens is 390 g/mol. The van der Waals surface area contributed by atoms with Gasteiger partial charge in [-0.3, -0.25) is 9.29 Å². The Morgan fingerprint density at radius 2 is 2.00 bits per heavy atom. The molecule has 0 atom stereocenters. The molecule has 0 spiro atoms. The zero-order chi connectivity index (χ0) is 16.9. The number of imidazole rings is 1. The van der Waals surface area contributed by atoms with Crippen LogP contribution in [0.2, 0.25) is 0 Å². The molecule has 3 aromatic rings. The minimum absolute atomic E-state index is 0.243. The van der Waals surface area contributed by atoms with E-state index >= 15 is 0 Å². The summed E-state index contributed by atoms with van der Waals surface area (Å²) >= 11 is 3.49. The Morgan fingerprint density at radius 3 is 2.75 bits per heavy atom. The van der Waals surface area contributed by atoms with Gasteiger partial charge in [-0.15, -0.1) is 0 Å². The van der Waals surface area contributed by atoms with E-state index in [9.17, 15) is 8.42 Å². The fourth-order valence-corrected chi connectivity index (χ4v) is 4.56. The third-order valence-electron chi connectivity index (χ3n) is 4.11. The van der Waals surface area contributed by atoms with E-state index in [2.05, 4.69) is 25.6 Å². The summed E-state index contributed by atoms with van der Waals surface area (Å²) in [6, 6.07) is 13.3. The second-order valence-electron chi connectivity index (χ2n) is 6.02. The van der Waals surface area contributed by atoms with Gasteiger partial charge in [-0.2, -0.15) is 0 Å². The highest BCUT2D eigenvalue weighted by Gasteiger charge is 2.35. The predicted molar refractivity (Wildman–Crippen MR) is 99.1 cm³/mol. The SMILES string of the molecule is Cc1nc2ccc(Br)cc2n1-c1cccc(NS(=O)(=O)C2CC2)c1. The summed E-state index contributed by atoms with van der Waals surface area (Å²) in [5.41, 5.74) is 3.34. The highest BCUT2D eigenvalue weighted by Crippen LogP contribution is 2.31. The monoisotopic (exact) mass is 405 g/mol. The van der Waals surface area contributed by atoms with Gasteiger partial charge < -0.3 is 0 Å². The van der Waals surface area contributed by atoms with Gasteiger partial charge in [0.15, 0.2) is 0 Å². The molecule has 124 valence electrons. The molecule has 0 saturated heterocycles. The van der Waals surface area contributed by atoms with Crippen molar-refractivity contribution < 1.29 is 8.42 Å². The van der Waals surface area contributed by atoms with Crippen molar-refractivity contribution in [3.8, 4) is 5.69 Å². The summed E-state index contributed by atoms with van der Waals surface area (Å²) in [4.78, 5) is 4.58. The van der Waals surface area contributed by atoms with Crippen LogP contribution in [0.5, 0.6) is 0 Å². The number of benzene rings is 2. The molecule has 5 nitrogen and oxygen atoms in total. The number of aryl methyl sites for hydroxylation is 1. The maximum atomic E-state index is 12.1. The molecule has 0 radical (unpaired) electrons. The first-order chi connectivity index (χ1) is 11.4. The van der Waals surface area contributed by atoms with Gasteiger partial charge in [-0.05, 0) is 56.2 Å². The molecule has 2 aromatic carbocycles. The van der Waals surface area contributed by atoms with Gasteiger partial charge in [-0.1, -0.05) is 22.0 Å². The number of aromatic nitrogens is 2. The average molecular weight is 406 g/mol. The summed E-state index contributed by atoms with van der Waals surface area (Å²) < 4.78 is 30.0. The number of fused-ring (bicyclic) bond motifs is 1. The second kappa shape index (κ2) is 5.60. The van der Waals surface area contributed by atoms with Crippen LogP contribution in [0.4, 0.5) is 5.69 Å². The standard InChI is InChI=1S/C17H16BrN3O2S/c1-11-19-16-8-5-12(18)9-17(16)21(11)14-4-2-3-13(10-14)20-24(22,23)15-6-7-15/h2-5,8-10,15,20H,6-7H2,1H3. The van der Waals surface area contributed by atoms with E-state index in [4.69, 9.17) is 0 Å². The molecule has 0 unspecified atom stereocenters. The number of sulfonamides is 1. The van der Waals surface area contributed by atoms with Crippen molar-refractivity contribution in [2.75, 3.05) is 4.72 Å². The Hall–Kier alpha value is -1.86. The van der Waals surface area contributed by atoms with Gasteiger partial charge in [-0.25, -0.2) is 13.4 Å². The first kappa shape index (κ1) is 15.7. The molecule has 0 bridgehead atoms. The normalized spacial score (nSPS) is 14.9. The Kier molecular flexibility index (Phi) is 3.65. The Bertz CT molecular complexity index is 1040. The van der Waals surface area contributed by atoms with Crippen LogP contribution in [0.25, 0.3) is 16.7 Å². The van der Waals surface area contributed by atoms with Crippen molar-refractivity contribution in [2.24, 2.45) is 0 Å². The van der Waals surface area contributed by atoms with Crippen molar-refractivity contribution in [1.82, 2.24) is 9.55 Å². The largest absolute Gasteiger partial charge is 0.296 e. The van der Waals surface area contributed by atoms with E-state index in [0.717, 1.165) is 39.9 Å². The third-order valence-corrected chi connectivity index (χ3v) is 6.47. The maximum Gasteiger partial charge on any atom is 0.235 e. The quantitative estimate of drug-likeness (QED) is 0.713. The Balaban J connectivity index is 1.79. The minimum atomic E-state index is -3.27. The molecule has 1 aliphatic rings. The summed E-state index contributed by atoms with van der Waals surface area (Å²) in [5.74, 6) is 0.852. The summed E-state index contributed by atoms with van der Waals surface area (Å²) in [5, 5.41) is -0.243. The van der Waals surface area contributed by atoms with Crippen LogP contribution >= 0.6 is 15.9 Å². The van der Waals surface area contributed by atoms with E-state index < -0.39 is 10.0 Å². The maximum absolute atomic E-state index is 12.1. The number of hydrogen-bond acceptors (Lipinski definition) is 3. The van der Waals surface area contributed by atoms with Crippen molar-refractivity contribution in [1.29, 1.82) is 0 Å². The van der Waals surface area contributed by atoms with Crippen molar-refractivity contribution in [3.63, 3.8) is 0 Å². The van der Waals surface area contributed by atoms with Gasteiger partial charge in [0, 0.05) is 10.2 Å². The molecule has 1 aromatic heterocycles. The van der Waals surface area contributed by atoms with Crippen LogP contribution in [-0.4, -0.2) is 23.2 Å². The molecule has 1 saturated carbocycles. The zero-order valence-corrected chi connectivity index (χ0v) is 15.4. The molecular formula is C17H16BrN3O2S. The topological polar surface area (TPSA) is 64.0 Å². The summed E-state index contributed by atoms with van der Waals surface area (Å²) in [7, 11) is -3.27. The molecule has 1 fully saturated rings. The number of hydrogen-bond donors (Lipinski definition) is 1. The van der Waals surface area contributed by atoms with E-state index in [1.807, 2.05) is 47.9 Å². The number of nitrogens with one attached hydrogen (secondary N) is 1. The first-order valence-corrected chi connectivity index (χ1v) is 10.0. The molecule has 1 aliphatic carbocycles. The number of nitrogens with zero attached hydrogens (tertiary/aromatic N) is 2. The number of anilines is 1. The van der Waals surface area contributed by atoms with Crippen LogP contribution in [0.15, 0.2) is 46.9 Å². The van der Waals surface area contributed by atoms with E-state index in [-0.39, 0.29) is 5.25 Å². The lowest BCUT2D eigenvalue weighted by atomic mass is 10.2. The highest BCUT2D eigenvalue weighted by atomic mass is 79.9. The molecule has 7 heteroatoms. The summed E-state index contributed by atoms with van der Waals surface area (Å²) in [6.07, 6.45) is 1.49. The second-order valence-corrected chi connectivity index (χ2v) is 8.90. The fourth-order valence-electron chi connectivity index (χ4n) is 2.83. The first-order valence-electron chi connectivity index (χ1n) is 7.71. The van der Waals surface area contributed by atoms with Crippen LogP contribution in [0.3, 0.4) is 0 Å². The van der Waals surface area contributed by atoms with Crippen LogP contribution in [0.1, 0.15) is 18.7 Å². The van der Waals surface area contributed by atoms with Crippen molar-refractivity contribution in [2.45, 2.75) is 25.0 Å². The lowest BCUT2D eigenvalue weighted by Gasteiger charge is -2.11. The molecule has 1 N–H and O–H groups in total. The van der Waals surface area contributed by atoms with Crippen molar-refractivity contribution >= 4 is 42.7 Å².